The second-order valence-electron chi connectivity index (χ2n) is 8.35. The molecule has 1 aliphatic rings. The fourth-order valence-electron chi connectivity index (χ4n) is 3.23. The lowest BCUT2D eigenvalue weighted by molar-refractivity contribution is 0.229. The van der Waals surface area contributed by atoms with Crippen LogP contribution in [0.25, 0.3) is 17.1 Å². The summed E-state index contributed by atoms with van der Waals surface area (Å²) in [4.78, 5) is 4.61. The van der Waals surface area contributed by atoms with Crippen molar-refractivity contribution in [3.8, 4) is 17.1 Å². The second kappa shape index (κ2) is 6.77. The third-order valence-electron chi connectivity index (χ3n) is 5.07. The van der Waals surface area contributed by atoms with Crippen LogP contribution >= 0.6 is 12.4 Å². The van der Waals surface area contributed by atoms with Crippen LogP contribution in [0.1, 0.15) is 57.1 Å². The van der Waals surface area contributed by atoms with Crippen LogP contribution in [0.3, 0.4) is 0 Å². The quantitative estimate of drug-likeness (QED) is 0.724. The molecule has 2 heterocycles. The number of hydrogen-bond acceptors (Lipinski definition) is 5. The van der Waals surface area contributed by atoms with Gasteiger partial charge < -0.3 is 10.3 Å². The first-order chi connectivity index (χ1) is 12.3. The standard InChI is InChI=1S/C20H25N5O.ClH/c1-13-6-8-14(9-7-13)25-12-15(16(23-25)19(2,3)4)17-22-18(24-26-17)20(21)10-5-11-20;/h6-9,12H,5,10-11,21H2,1-4H3;1H. The van der Waals surface area contributed by atoms with E-state index in [1.807, 2.05) is 10.9 Å². The molecule has 0 unspecified atom stereocenters. The number of nitrogens with zero attached hydrogens (tertiary/aromatic N) is 4. The predicted molar refractivity (Wildman–Crippen MR) is 107 cm³/mol. The lowest BCUT2D eigenvalue weighted by Crippen LogP contribution is -2.44. The molecular weight excluding hydrogens is 362 g/mol. The minimum Gasteiger partial charge on any atom is -0.334 e. The Morgan fingerprint density at radius 2 is 1.81 bits per heavy atom. The zero-order valence-electron chi connectivity index (χ0n) is 16.2. The highest BCUT2D eigenvalue weighted by Gasteiger charge is 2.39. The molecule has 7 heteroatoms. The topological polar surface area (TPSA) is 82.8 Å². The molecule has 2 N–H and O–H groups in total. The molecule has 1 aromatic carbocycles. The number of hydrogen-bond donors (Lipinski definition) is 1. The fourth-order valence-corrected chi connectivity index (χ4v) is 3.23. The number of aryl methyl sites for hydroxylation is 1. The van der Waals surface area contributed by atoms with Gasteiger partial charge in [-0.25, -0.2) is 4.68 Å². The van der Waals surface area contributed by atoms with Crippen LogP contribution in [-0.4, -0.2) is 19.9 Å². The van der Waals surface area contributed by atoms with E-state index in [0.717, 1.165) is 36.2 Å². The maximum absolute atomic E-state index is 6.34. The van der Waals surface area contributed by atoms with Gasteiger partial charge in [-0.2, -0.15) is 10.1 Å². The average molecular weight is 388 g/mol. The molecule has 0 saturated heterocycles. The Morgan fingerprint density at radius 3 is 2.37 bits per heavy atom. The van der Waals surface area contributed by atoms with Gasteiger partial charge in [-0.1, -0.05) is 43.6 Å². The molecule has 2 aromatic heterocycles. The summed E-state index contributed by atoms with van der Waals surface area (Å²) in [6.07, 6.45) is 4.88. The van der Waals surface area contributed by atoms with Crippen molar-refractivity contribution in [1.82, 2.24) is 19.9 Å². The van der Waals surface area contributed by atoms with Gasteiger partial charge in [-0.05, 0) is 38.3 Å². The smallest absolute Gasteiger partial charge is 0.261 e. The molecule has 0 bridgehead atoms. The predicted octanol–water partition coefficient (Wildman–Crippen LogP) is 4.29. The second-order valence-corrected chi connectivity index (χ2v) is 8.35. The number of halogens is 1. The molecule has 1 saturated carbocycles. The van der Waals surface area contributed by atoms with Gasteiger partial charge in [0.2, 0.25) is 0 Å². The Bertz CT molecular complexity index is 932. The van der Waals surface area contributed by atoms with Crippen molar-refractivity contribution in [2.45, 2.75) is 57.9 Å². The molecule has 0 atom stereocenters. The van der Waals surface area contributed by atoms with E-state index < -0.39 is 5.54 Å². The summed E-state index contributed by atoms with van der Waals surface area (Å²) < 4.78 is 7.46. The normalized spacial score (nSPS) is 15.9. The molecule has 0 amide bonds. The van der Waals surface area contributed by atoms with Crippen LogP contribution in [0, 0.1) is 6.92 Å². The van der Waals surface area contributed by atoms with Gasteiger partial charge in [0, 0.05) is 11.6 Å². The highest BCUT2D eigenvalue weighted by atomic mass is 35.5. The third-order valence-corrected chi connectivity index (χ3v) is 5.07. The molecule has 0 aliphatic heterocycles. The number of benzene rings is 1. The van der Waals surface area contributed by atoms with E-state index in [1.165, 1.54) is 5.56 Å². The van der Waals surface area contributed by atoms with E-state index in [2.05, 4.69) is 62.1 Å². The maximum Gasteiger partial charge on any atom is 0.261 e. The lowest BCUT2D eigenvalue weighted by atomic mass is 9.77. The number of aromatic nitrogens is 4. The van der Waals surface area contributed by atoms with Gasteiger partial charge in [0.05, 0.1) is 22.5 Å². The SMILES string of the molecule is Cc1ccc(-n2cc(-c3nc(C4(N)CCC4)no3)c(C(C)(C)C)n2)cc1.Cl. The van der Waals surface area contributed by atoms with Crippen molar-refractivity contribution >= 4 is 12.4 Å². The first-order valence-electron chi connectivity index (χ1n) is 9.07. The summed E-state index contributed by atoms with van der Waals surface area (Å²) in [5.74, 6) is 1.08. The Morgan fingerprint density at radius 1 is 1.15 bits per heavy atom. The Balaban J connectivity index is 0.00000210. The van der Waals surface area contributed by atoms with E-state index in [1.54, 1.807) is 0 Å². The van der Waals surface area contributed by atoms with Crippen LogP contribution in [0.2, 0.25) is 0 Å². The van der Waals surface area contributed by atoms with Crippen molar-refractivity contribution in [2.24, 2.45) is 5.73 Å². The molecule has 0 radical (unpaired) electrons. The molecule has 144 valence electrons. The zero-order valence-corrected chi connectivity index (χ0v) is 17.0. The summed E-state index contributed by atoms with van der Waals surface area (Å²) in [6.45, 7) is 8.46. The lowest BCUT2D eigenvalue weighted by Gasteiger charge is -2.34. The first kappa shape index (κ1) is 19.6. The van der Waals surface area contributed by atoms with Gasteiger partial charge in [0.1, 0.15) is 0 Å². The van der Waals surface area contributed by atoms with Crippen LogP contribution in [0.15, 0.2) is 35.0 Å². The molecule has 4 rings (SSSR count). The monoisotopic (exact) mass is 387 g/mol. The molecular formula is C20H26ClN5O. The zero-order chi connectivity index (χ0) is 18.5. The Kier molecular flexibility index (Phi) is 4.91. The summed E-state index contributed by atoms with van der Waals surface area (Å²) in [7, 11) is 0. The van der Waals surface area contributed by atoms with Gasteiger partial charge >= 0.3 is 0 Å². The van der Waals surface area contributed by atoms with Crippen molar-refractivity contribution in [3.63, 3.8) is 0 Å². The van der Waals surface area contributed by atoms with Gasteiger partial charge in [0.25, 0.3) is 5.89 Å². The molecule has 1 aliphatic carbocycles. The van der Waals surface area contributed by atoms with E-state index in [9.17, 15) is 0 Å². The molecule has 27 heavy (non-hydrogen) atoms. The van der Waals surface area contributed by atoms with E-state index in [0.29, 0.717) is 11.7 Å². The van der Waals surface area contributed by atoms with Gasteiger partial charge in [-0.3, -0.25) is 0 Å². The van der Waals surface area contributed by atoms with Crippen molar-refractivity contribution in [2.75, 3.05) is 0 Å². The first-order valence-corrected chi connectivity index (χ1v) is 9.07. The Hall–Kier alpha value is -2.18. The van der Waals surface area contributed by atoms with Crippen molar-refractivity contribution in [3.05, 3.63) is 47.5 Å². The van der Waals surface area contributed by atoms with E-state index in [4.69, 9.17) is 15.4 Å². The van der Waals surface area contributed by atoms with Crippen molar-refractivity contribution in [1.29, 1.82) is 0 Å². The summed E-state index contributed by atoms with van der Waals surface area (Å²) in [5, 5.41) is 8.98. The number of rotatable bonds is 3. The van der Waals surface area contributed by atoms with Gasteiger partial charge in [0.15, 0.2) is 5.82 Å². The molecule has 1 fully saturated rings. The average Bonchev–Trinajstić information content (AvgIpc) is 3.20. The third kappa shape index (κ3) is 3.51. The fraction of sp³-hybridized carbons (Fsp3) is 0.450. The molecule has 3 aromatic rings. The molecule has 6 nitrogen and oxygen atoms in total. The number of nitrogens with two attached hydrogens (primary N) is 1. The van der Waals surface area contributed by atoms with Crippen LogP contribution in [0.5, 0.6) is 0 Å². The minimum absolute atomic E-state index is 0. The largest absolute Gasteiger partial charge is 0.334 e. The van der Waals surface area contributed by atoms with Crippen molar-refractivity contribution < 1.29 is 4.52 Å². The minimum atomic E-state index is -0.434. The maximum atomic E-state index is 6.34. The van der Waals surface area contributed by atoms with E-state index in [-0.39, 0.29) is 17.8 Å². The highest BCUT2D eigenvalue weighted by molar-refractivity contribution is 5.85. The van der Waals surface area contributed by atoms with Gasteiger partial charge in [-0.15, -0.1) is 12.4 Å². The highest BCUT2D eigenvalue weighted by Crippen LogP contribution is 2.39. The van der Waals surface area contributed by atoms with Crippen LogP contribution < -0.4 is 5.73 Å². The molecule has 0 spiro atoms. The summed E-state index contributed by atoms with van der Waals surface area (Å²) in [5.41, 5.74) is 9.76. The summed E-state index contributed by atoms with van der Waals surface area (Å²) in [6, 6.07) is 8.27. The van der Waals surface area contributed by atoms with Crippen LogP contribution in [0.4, 0.5) is 0 Å². The Labute approximate surface area is 165 Å². The van der Waals surface area contributed by atoms with E-state index >= 15 is 0 Å². The summed E-state index contributed by atoms with van der Waals surface area (Å²) >= 11 is 0. The van der Waals surface area contributed by atoms with Crippen LogP contribution in [-0.2, 0) is 11.0 Å².